The second kappa shape index (κ2) is 8.22. The third kappa shape index (κ3) is 4.14. The number of carbonyl (C=O) groups excluding carboxylic acids is 1. The zero-order valence-corrected chi connectivity index (χ0v) is 16.0. The Balaban J connectivity index is 1.40. The van der Waals surface area contributed by atoms with E-state index in [2.05, 4.69) is 10.2 Å². The van der Waals surface area contributed by atoms with Crippen LogP contribution in [0.2, 0.25) is 0 Å². The Bertz CT molecular complexity index is 984. The number of ketones is 1. The van der Waals surface area contributed by atoms with E-state index in [9.17, 15) is 13.6 Å². The topological polar surface area (TPSA) is 47.8 Å². The highest BCUT2D eigenvalue weighted by Crippen LogP contribution is 2.41. The second-order valence-corrected chi connectivity index (χ2v) is 7.83. The molecule has 1 aliphatic carbocycles. The van der Waals surface area contributed by atoms with Gasteiger partial charge < -0.3 is 0 Å². The number of nitrogens with zero attached hydrogens (tertiary/aromatic N) is 3. The van der Waals surface area contributed by atoms with Gasteiger partial charge in [0.25, 0.3) is 0 Å². The second-order valence-electron chi connectivity index (χ2n) is 6.77. The molecule has 3 aromatic rings. The number of hydrogen-bond acceptors (Lipinski definition) is 4. The summed E-state index contributed by atoms with van der Waals surface area (Å²) in [6, 6.07) is 12.5. The minimum atomic E-state index is -0.350. The Hall–Kier alpha value is -2.54. The number of rotatable bonds is 8. The summed E-state index contributed by atoms with van der Waals surface area (Å²) in [5.74, 6) is 0.604. The lowest BCUT2D eigenvalue weighted by atomic mass is 10.1. The van der Waals surface area contributed by atoms with Gasteiger partial charge in [0.15, 0.2) is 16.8 Å². The third-order valence-electron chi connectivity index (χ3n) is 4.64. The lowest BCUT2D eigenvalue weighted by Gasteiger charge is -2.09. The predicted molar refractivity (Wildman–Crippen MR) is 104 cm³/mol. The van der Waals surface area contributed by atoms with Crippen molar-refractivity contribution in [1.29, 1.82) is 0 Å². The summed E-state index contributed by atoms with van der Waals surface area (Å²) in [5.41, 5.74) is 0.981. The molecule has 1 fully saturated rings. The van der Waals surface area contributed by atoms with Crippen LogP contribution in [-0.2, 0) is 0 Å². The quantitative estimate of drug-likeness (QED) is 0.292. The van der Waals surface area contributed by atoms with Gasteiger partial charge in [-0.1, -0.05) is 23.9 Å². The number of carbonyl (C=O) groups is 1. The summed E-state index contributed by atoms with van der Waals surface area (Å²) < 4.78 is 29.1. The molecule has 0 unspecified atom stereocenters. The number of thioether (sulfide) groups is 1. The molecule has 0 amide bonds. The largest absolute Gasteiger partial charge is 0.299 e. The van der Waals surface area contributed by atoms with Crippen molar-refractivity contribution in [3.63, 3.8) is 0 Å². The van der Waals surface area contributed by atoms with E-state index in [0.29, 0.717) is 41.6 Å². The number of Topliss-reactive ketones (excluding diaryl/α,β-unsaturated/α-hetero) is 1. The van der Waals surface area contributed by atoms with Crippen molar-refractivity contribution in [2.24, 2.45) is 0 Å². The summed E-state index contributed by atoms with van der Waals surface area (Å²) in [6.45, 7) is 0. The molecule has 0 aliphatic heterocycles. The summed E-state index contributed by atoms with van der Waals surface area (Å²) in [5, 5.41) is 9.25. The Morgan fingerprint density at radius 3 is 2.54 bits per heavy atom. The van der Waals surface area contributed by atoms with Crippen LogP contribution in [0.1, 0.15) is 42.1 Å². The van der Waals surface area contributed by atoms with Crippen molar-refractivity contribution in [1.82, 2.24) is 14.8 Å². The zero-order valence-electron chi connectivity index (χ0n) is 15.1. The van der Waals surface area contributed by atoms with Crippen LogP contribution in [0.15, 0.2) is 53.7 Å². The van der Waals surface area contributed by atoms with Crippen LogP contribution in [-0.4, -0.2) is 26.3 Å². The van der Waals surface area contributed by atoms with Crippen LogP contribution in [0, 0.1) is 11.6 Å². The fourth-order valence-electron chi connectivity index (χ4n) is 3.04. The molecule has 1 aromatic heterocycles. The first-order chi connectivity index (χ1) is 13.6. The molecule has 0 saturated heterocycles. The summed E-state index contributed by atoms with van der Waals surface area (Å²) in [4.78, 5) is 12.2. The molecule has 0 atom stereocenters. The fourth-order valence-corrected chi connectivity index (χ4v) is 3.98. The summed E-state index contributed by atoms with van der Waals surface area (Å²) >= 11 is 1.53. The zero-order chi connectivity index (χ0) is 19.5. The SMILES string of the molecule is O=C(CCCSc1nnc(-c2ccccc2F)n1C1CC1)c1ccc(F)cc1. The van der Waals surface area contributed by atoms with Gasteiger partial charge in [0, 0.05) is 23.8 Å². The highest BCUT2D eigenvalue weighted by atomic mass is 32.2. The van der Waals surface area contributed by atoms with Gasteiger partial charge in [0.05, 0.1) is 5.56 Å². The molecule has 28 heavy (non-hydrogen) atoms. The smallest absolute Gasteiger partial charge is 0.191 e. The van der Waals surface area contributed by atoms with Gasteiger partial charge in [0.1, 0.15) is 11.6 Å². The van der Waals surface area contributed by atoms with Crippen LogP contribution in [0.3, 0.4) is 0 Å². The molecule has 1 aliphatic rings. The van der Waals surface area contributed by atoms with Crippen molar-refractivity contribution < 1.29 is 13.6 Å². The molecule has 7 heteroatoms. The first-order valence-electron chi connectivity index (χ1n) is 9.25. The van der Waals surface area contributed by atoms with E-state index < -0.39 is 0 Å². The normalized spacial score (nSPS) is 13.6. The Kier molecular flexibility index (Phi) is 5.52. The summed E-state index contributed by atoms with van der Waals surface area (Å²) in [6.07, 6.45) is 3.13. The lowest BCUT2D eigenvalue weighted by molar-refractivity contribution is 0.0982. The molecule has 0 spiro atoms. The number of benzene rings is 2. The van der Waals surface area contributed by atoms with Gasteiger partial charge in [-0.05, 0) is 55.7 Å². The van der Waals surface area contributed by atoms with Gasteiger partial charge in [-0.2, -0.15) is 0 Å². The van der Waals surface area contributed by atoms with Gasteiger partial charge >= 0.3 is 0 Å². The fraction of sp³-hybridized carbons (Fsp3) is 0.286. The summed E-state index contributed by atoms with van der Waals surface area (Å²) in [7, 11) is 0. The maximum absolute atomic E-state index is 14.2. The molecular formula is C21H19F2N3OS. The van der Waals surface area contributed by atoms with Crippen molar-refractivity contribution in [2.45, 2.75) is 36.9 Å². The molecule has 0 bridgehead atoms. The standard InChI is InChI=1S/C21H19F2N3OS/c22-15-9-7-14(8-10-15)19(27)6-3-13-28-21-25-24-20(26(21)16-11-12-16)17-4-1-2-5-18(17)23/h1-2,4-5,7-10,16H,3,6,11-13H2. The Morgan fingerprint density at radius 2 is 1.82 bits per heavy atom. The highest BCUT2D eigenvalue weighted by molar-refractivity contribution is 7.99. The van der Waals surface area contributed by atoms with E-state index in [0.717, 1.165) is 18.0 Å². The Morgan fingerprint density at radius 1 is 1.07 bits per heavy atom. The lowest BCUT2D eigenvalue weighted by Crippen LogP contribution is -2.02. The maximum Gasteiger partial charge on any atom is 0.191 e. The predicted octanol–water partition coefficient (Wildman–Crippen LogP) is 5.31. The molecule has 1 heterocycles. The van der Waals surface area contributed by atoms with Gasteiger partial charge in [-0.25, -0.2) is 8.78 Å². The molecule has 144 valence electrons. The third-order valence-corrected chi connectivity index (χ3v) is 5.67. The average Bonchev–Trinajstić information content (AvgIpc) is 3.46. The first kappa shape index (κ1) is 18.8. The van der Waals surface area contributed by atoms with Crippen molar-refractivity contribution >= 4 is 17.5 Å². The van der Waals surface area contributed by atoms with Gasteiger partial charge in [0.2, 0.25) is 0 Å². The van der Waals surface area contributed by atoms with E-state index >= 15 is 0 Å². The van der Waals surface area contributed by atoms with Crippen LogP contribution in [0.4, 0.5) is 8.78 Å². The Labute approximate surface area is 166 Å². The minimum Gasteiger partial charge on any atom is -0.299 e. The van der Waals surface area contributed by atoms with E-state index in [4.69, 9.17) is 0 Å². The van der Waals surface area contributed by atoms with Crippen LogP contribution in [0.25, 0.3) is 11.4 Å². The van der Waals surface area contributed by atoms with Crippen molar-refractivity contribution in [3.8, 4) is 11.4 Å². The van der Waals surface area contributed by atoms with Crippen LogP contribution >= 0.6 is 11.8 Å². The molecule has 0 radical (unpaired) electrons. The van der Waals surface area contributed by atoms with Crippen LogP contribution < -0.4 is 0 Å². The van der Waals surface area contributed by atoms with Crippen LogP contribution in [0.5, 0.6) is 0 Å². The molecule has 4 rings (SSSR count). The number of aromatic nitrogens is 3. The average molecular weight is 399 g/mol. The maximum atomic E-state index is 14.2. The number of hydrogen-bond donors (Lipinski definition) is 0. The highest BCUT2D eigenvalue weighted by Gasteiger charge is 2.30. The molecule has 4 nitrogen and oxygen atoms in total. The molecular weight excluding hydrogens is 380 g/mol. The molecule has 0 N–H and O–H groups in total. The van der Waals surface area contributed by atoms with Gasteiger partial charge in [-0.3, -0.25) is 9.36 Å². The van der Waals surface area contributed by atoms with Gasteiger partial charge in [-0.15, -0.1) is 10.2 Å². The molecule has 1 saturated carbocycles. The van der Waals surface area contributed by atoms with E-state index in [1.54, 1.807) is 18.2 Å². The monoisotopic (exact) mass is 399 g/mol. The van der Waals surface area contributed by atoms with E-state index in [1.807, 2.05) is 4.57 Å². The minimum absolute atomic E-state index is 0.00342. The first-order valence-corrected chi connectivity index (χ1v) is 10.2. The van der Waals surface area contributed by atoms with E-state index in [1.165, 1.54) is 42.1 Å². The molecule has 2 aromatic carbocycles. The van der Waals surface area contributed by atoms with Crippen molar-refractivity contribution in [3.05, 3.63) is 65.7 Å². The number of halogens is 2. The van der Waals surface area contributed by atoms with Crippen molar-refractivity contribution in [2.75, 3.05) is 5.75 Å². The van der Waals surface area contributed by atoms with E-state index in [-0.39, 0.29) is 17.4 Å².